The van der Waals surface area contributed by atoms with Crippen molar-refractivity contribution < 1.29 is 14.1 Å². The summed E-state index contributed by atoms with van der Waals surface area (Å²) >= 11 is 0. The molecule has 3 rings (SSSR count). The van der Waals surface area contributed by atoms with Crippen molar-refractivity contribution >= 4 is 24.0 Å². The normalized spacial score (nSPS) is 19.1. The van der Waals surface area contributed by atoms with Crippen LogP contribution < -0.4 is 5.73 Å². The molecule has 26 heavy (non-hydrogen) atoms. The quantitative estimate of drug-likeness (QED) is 0.653. The molecule has 1 aliphatic rings. The fourth-order valence-corrected chi connectivity index (χ4v) is 3.36. The minimum atomic E-state index is -0.744. The minimum absolute atomic E-state index is 0. The van der Waals surface area contributed by atoms with E-state index in [-0.39, 0.29) is 29.8 Å². The summed E-state index contributed by atoms with van der Waals surface area (Å²) < 4.78 is 13.3. The van der Waals surface area contributed by atoms with Gasteiger partial charge in [-0.25, -0.2) is 4.39 Å². The van der Waals surface area contributed by atoms with E-state index in [1.807, 2.05) is 30.3 Å². The maximum absolute atomic E-state index is 13.3. The lowest BCUT2D eigenvalue weighted by molar-refractivity contribution is -0.385. The van der Waals surface area contributed by atoms with Crippen molar-refractivity contribution in [2.75, 3.05) is 19.6 Å². The molecule has 8 heteroatoms. The van der Waals surface area contributed by atoms with Gasteiger partial charge in [0, 0.05) is 19.0 Å². The number of nitrogens with two attached hydrogens (primary N) is 1. The lowest BCUT2D eigenvalue weighted by Gasteiger charge is -2.17. The third-order valence-corrected chi connectivity index (χ3v) is 4.65. The van der Waals surface area contributed by atoms with Crippen molar-refractivity contribution in [2.45, 2.75) is 5.92 Å². The van der Waals surface area contributed by atoms with E-state index >= 15 is 0 Å². The molecule has 0 unspecified atom stereocenters. The Balaban J connectivity index is 0.00000243. The third-order valence-electron chi connectivity index (χ3n) is 4.65. The van der Waals surface area contributed by atoms with E-state index in [2.05, 4.69) is 0 Å². The van der Waals surface area contributed by atoms with Gasteiger partial charge in [-0.1, -0.05) is 30.3 Å². The molecule has 0 aliphatic carbocycles. The van der Waals surface area contributed by atoms with Crippen molar-refractivity contribution in [2.24, 2.45) is 11.7 Å². The first-order chi connectivity index (χ1) is 12.0. The highest BCUT2D eigenvalue weighted by molar-refractivity contribution is 5.98. The average Bonchev–Trinajstić information content (AvgIpc) is 3.06. The molecule has 1 saturated heterocycles. The van der Waals surface area contributed by atoms with Crippen LogP contribution in [0.3, 0.4) is 0 Å². The largest absolute Gasteiger partial charge is 0.337 e. The molecule has 2 N–H and O–H groups in total. The smallest absolute Gasteiger partial charge is 0.285 e. The molecular formula is C18H19ClFN3O3. The zero-order valence-electron chi connectivity index (χ0n) is 13.9. The van der Waals surface area contributed by atoms with Crippen LogP contribution in [0.1, 0.15) is 21.8 Å². The predicted molar refractivity (Wildman–Crippen MR) is 97.9 cm³/mol. The Morgan fingerprint density at radius 1 is 1.23 bits per heavy atom. The molecular weight excluding hydrogens is 361 g/mol. The summed E-state index contributed by atoms with van der Waals surface area (Å²) in [5.74, 6) is -1.06. The molecule has 1 fully saturated rings. The molecule has 0 radical (unpaired) electrons. The van der Waals surface area contributed by atoms with E-state index < -0.39 is 22.3 Å². The molecule has 0 spiro atoms. The maximum Gasteiger partial charge on any atom is 0.285 e. The predicted octanol–water partition coefficient (Wildman–Crippen LogP) is 2.97. The van der Waals surface area contributed by atoms with Gasteiger partial charge in [0.1, 0.15) is 11.4 Å². The van der Waals surface area contributed by atoms with E-state index in [0.29, 0.717) is 19.6 Å². The number of nitrogens with zero attached hydrogens (tertiary/aromatic N) is 2. The van der Waals surface area contributed by atoms with Crippen molar-refractivity contribution in [1.29, 1.82) is 0 Å². The van der Waals surface area contributed by atoms with Crippen molar-refractivity contribution in [3.63, 3.8) is 0 Å². The Kier molecular flexibility index (Phi) is 6.28. The van der Waals surface area contributed by atoms with Crippen LogP contribution >= 0.6 is 12.4 Å². The van der Waals surface area contributed by atoms with E-state index in [4.69, 9.17) is 5.73 Å². The topological polar surface area (TPSA) is 89.5 Å². The Morgan fingerprint density at radius 2 is 1.92 bits per heavy atom. The van der Waals surface area contributed by atoms with E-state index in [0.717, 1.165) is 17.7 Å². The van der Waals surface area contributed by atoms with Gasteiger partial charge in [-0.3, -0.25) is 14.9 Å². The van der Waals surface area contributed by atoms with Gasteiger partial charge in [-0.2, -0.15) is 0 Å². The highest BCUT2D eigenvalue weighted by Gasteiger charge is 2.37. The van der Waals surface area contributed by atoms with E-state index in [1.54, 1.807) is 4.90 Å². The molecule has 0 aromatic heterocycles. The number of amides is 1. The fourth-order valence-electron chi connectivity index (χ4n) is 3.36. The van der Waals surface area contributed by atoms with Crippen LogP contribution in [0.15, 0.2) is 48.5 Å². The molecule has 0 bridgehead atoms. The van der Waals surface area contributed by atoms with Crippen molar-refractivity contribution in [3.05, 3.63) is 75.6 Å². The number of carbonyl (C=O) groups is 1. The molecule has 2 aromatic rings. The highest BCUT2D eigenvalue weighted by Crippen LogP contribution is 2.33. The van der Waals surface area contributed by atoms with Crippen LogP contribution in [0.4, 0.5) is 10.1 Å². The summed E-state index contributed by atoms with van der Waals surface area (Å²) in [6.07, 6.45) is 0. The summed E-state index contributed by atoms with van der Waals surface area (Å²) in [6, 6.07) is 12.8. The van der Waals surface area contributed by atoms with E-state index in [1.165, 1.54) is 6.07 Å². The average molecular weight is 380 g/mol. The second kappa shape index (κ2) is 8.25. The minimum Gasteiger partial charge on any atom is -0.337 e. The Bertz CT molecular complexity index is 804. The summed E-state index contributed by atoms with van der Waals surface area (Å²) in [4.78, 5) is 24.8. The zero-order valence-corrected chi connectivity index (χ0v) is 14.7. The molecule has 1 amide bonds. The Hall–Kier alpha value is -2.51. The van der Waals surface area contributed by atoms with E-state index in [9.17, 15) is 19.3 Å². The number of nitro groups is 1. The third kappa shape index (κ3) is 3.84. The lowest BCUT2D eigenvalue weighted by atomic mass is 9.89. The molecule has 1 heterocycles. The molecule has 6 nitrogen and oxygen atoms in total. The summed E-state index contributed by atoms with van der Waals surface area (Å²) in [5, 5.41) is 11.1. The number of hydrogen-bond acceptors (Lipinski definition) is 4. The SMILES string of the molecule is Cl.NC[C@@H]1CN(C(=O)c2ccc(F)cc2[N+](=O)[O-])C[C@H]1c1ccccc1. The van der Waals surface area contributed by atoms with Gasteiger partial charge in [0.2, 0.25) is 0 Å². The van der Waals surface area contributed by atoms with Crippen LogP contribution in [0.2, 0.25) is 0 Å². The first-order valence-electron chi connectivity index (χ1n) is 7.99. The van der Waals surface area contributed by atoms with Gasteiger partial charge in [0.15, 0.2) is 0 Å². The first-order valence-corrected chi connectivity index (χ1v) is 7.99. The van der Waals surface area contributed by atoms with Gasteiger partial charge >= 0.3 is 0 Å². The van der Waals surface area contributed by atoms with Crippen LogP contribution in [-0.4, -0.2) is 35.4 Å². The molecule has 1 aliphatic heterocycles. The number of likely N-dealkylation sites (tertiary alicyclic amines) is 1. The second-order valence-corrected chi connectivity index (χ2v) is 6.14. The Labute approximate surface area is 156 Å². The van der Waals surface area contributed by atoms with Crippen LogP contribution in [0.25, 0.3) is 0 Å². The molecule has 2 aromatic carbocycles. The lowest BCUT2D eigenvalue weighted by Crippen LogP contribution is -2.30. The molecule has 138 valence electrons. The monoisotopic (exact) mass is 379 g/mol. The number of benzene rings is 2. The maximum atomic E-state index is 13.3. The summed E-state index contributed by atoms with van der Waals surface area (Å²) in [7, 11) is 0. The number of nitro benzene ring substituents is 1. The first kappa shape index (κ1) is 19.8. The number of rotatable bonds is 4. The van der Waals surface area contributed by atoms with Gasteiger partial charge < -0.3 is 10.6 Å². The van der Waals surface area contributed by atoms with Crippen LogP contribution in [0.5, 0.6) is 0 Å². The van der Waals surface area contributed by atoms with Gasteiger partial charge in [-0.15, -0.1) is 12.4 Å². The standard InChI is InChI=1S/C18H18FN3O3.ClH/c19-14-6-7-15(17(8-14)22(24)25)18(23)21-10-13(9-20)16(11-21)12-4-2-1-3-5-12;/h1-8,13,16H,9-11,20H2;1H/t13-,16+;/m1./s1. The van der Waals surface area contributed by atoms with Crippen LogP contribution in [-0.2, 0) is 0 Å². The van der Waals surface area contributed by atoms with Gasteiger partial charge in [-0.05, 0) is 30.2 Å². The van der Waals surface area contributed by atoms with Crippen molar-refractivity contribution in [3.8, 4) is 0 Å². The van der Waals surface area contributed by atoms with Crippen LogP contribution in [0, 0.1) is 21.8 Å². The fraction of sp³-hybridized carbons (Fsp3) is 0.278. The second-order valence-electron chi connectivity index (χ2n) is 6.14. The zero-order chi connectivity index (χ0) is 18.0. The number of carbonyl (C=O) groups excluding carboxylic acids is 1. The van der Waals surface area contributed by atoms with Gasteiger partial charge in [0.25, 0.3) is 11.6 Å². The molecule has 2 atom stereocenters. The number of halogens is 2. The Morgan fingerprint density at radius 3 is 2.54 bits per heavy atom. The van der Waals surface area contributed by atoms with Crippen molar-refractivity contribution in [1.82, 2.24) is 4.90 Å². The molecule has 0 saturated carbocycles. The summed E-state index contributed by atoms with van der Waals surface area (Å²) in [5.41, 5.74) is 6.33. The highest BCUT2D eigenvalue weighted by atomic mass is 35.5. The van der Waals surface area contributed by atoms with Gasteiger partial charge in [0.05, 0.1) is 11.0 Å². The summed E-state index contributed by atoms with van der Waals surface area (Å²) in [6.45, 7) is 1.26. The number of hydrogen-bond donors (Lipinski definition) is 1.